The molecule has 0 aromatic carbocycles. The molecule has 4 nitrogen and oxygen atoms in total. The number of hydrogen-bond donors (Lipinski definition) is 1. The Morgan fingerprint density at radius 2 is 2.06 bits per heavy atom. The van der Waals surface area contributed by atoms with Gasteiger partial charge in [0.25, 0.3) is 0 Å². The minimum atomic E-state index is -0.836. The third-order valence-electron chi connectivity index (χ3n) is 4.57. The van der Waals surface area contributed by atoms with Gasteiger partial charge in [-0.15, -0.1) is 0 Å². The van der Waals surface area contributed by atoms with E-state index in [1.165, 1.54) is 6.42 Å². The van der Waals surface area contributed by atoms with E-state index >= 15 is 0 Å². The van der Waals surface area contributed by atoms with Gasteiger partial charge < -0.3 is 10.0 Å². The Morgan fingerprint density at radius 3 is 2.65 bits per heavy atom. The van der Waals surface area contributed by atoms with Gasteiger partial charge in [-0.05, 0) is 18.3 Å². The Morgan fingerprint density at radius 1 is 1.35 bits per heavy atom. The van der Waals surface area contributed by atoms with Gasteiger partial charge >= 0.3 is 5.97 Å². The number of carbonyl (C=O) groups excluding carboxylic acids is 1. The monoisotopic (exact) mass is 239 g/mol. The lowest BCUT2D eigenvalue weighted by molar-refractivity contribution is -0.141. The summed E-state index contributed by atoms with van der Waals surface area (Å²) < 4.78 is 0. The van der Waals surface area contributed by atoms with Gasteiger partial charge in [0.2, 0.25) is 5.91 Å². The number of carboxylic acids is 1. The maximum absolute atomic E-state index is 11.9. The average Bonchev–Trinajstić information content (AvgIpc) is 2.65. The van der Waals surface area contributed by atoms with Gasteiger partial charge in [-0.2, -0.15) is 0 Å². The van der Waals surface area contributed by atoms with Crippen LogP contribution in [0.3, 0.4) is 0 Å². The van der Waals surface area contributed by atoms with Gasteiger partial charge in [-0.3, -0.25) is 9.59 Å². The van der Waals surface area contributed by atoms with Crippen LogP contribution in [0.15, 0.2) is 0 Å². The summed E-state index contributed by atoms with van der Waals surface area (Å²) in [4.78, 5) is 24.7. The predicted octanol–water partition coefficient (Wildman–Crippen LogP) is 1.74. The Balaban J connectivity index is 2.07. The summed E-state index contributed by atoms with van der Waals surface area (Å²) in [7, 11) is 0. The van der Waals surface area contributed by atoms with Crippen LogP contribution < -0.4 is 0 Å². The van der Waals surface area contributed by atoms with Crippen molar-refractivity contribution in [3.8, 4) is 0 Å². The highest BCUT2D eigenvalue weighted by molar-refractivity contribution is 5.86. The molecule has 1 saturated heterocycles. The van der Waals surface area contributed by atoms with E-state index in [1.807, 2.05) is 4.90 Å². The van der Waals surface area contributed by atoms with Gasteiger partial charge in [0, 0.05) is 19.0 Å². The van der Waals surface area contributed by atoms with Gasteiger partial charge in [-0.1, -0.05) is 26.7 Å². The molecule has 1 saturated carbocycles. The molecule has 1 aliphatic carbocycles. The van der Waals surface area contributed by atoms with Crippen LogP contribution in [0.5, 0.6) is 0 Å². The van der Waals surface area contributed by atoms with Crippen LogP contribution in [0.25, 0.3) is 0 Å². The molecule has 96 valence electrons. The van der Waals surface area contributed by atoms with E-state index in [2.05, 4.69) is 13.8 Å². The number of hydrogen-bond acceptors (Lipinski definition) is 2. The maximum Gasteiger partial charge on any atom is 0.308 e. The van der Waals surface area contributed by atoms with E-state index in [-0.39, 0.29) is 18.4 Å². The molecule has 1 aliphatic heterocycles. The molecule has 1 N–H and O–H groups in total. The third-order valence-corrected chi connectivity index (χ3v) is 4.57. The smallest absolute Gasteiger partial charge is 0.308 e. The standard InChI is InChI=1S/C13H21NO3/c1-8-4-3-5-11(9(8)2)14-7-10(13(16)17)6-12(14)15/h8-11H,3-7H2,1-2H3,(H,16,17)/t8-,9-,10+,11+/m0/s1. The first-order chi connectivity index (χ1) is 8.00. The summed E-state index contributed by atoms with van der Waals surface area (Å²) in [6, 6.07) is 0.260. The van der Waals surface area contributed by atoms with Crippen molar-refractivity contribution in [1.82, 2.24) is 4.90 Å². The highest BCUT2D eigenvalue weighted by atomic mass is 16.4. The molecule has 0 radical (unpaired) electrons. The van der Waals surface area contributed by atoms with Crippen LogP contribution >= 0.6 is 0 Å². The zero-order valence-electron chi connectivity index (χ0n) is 10.6. The second-order valence-corrected chi connectivity index (χ2v) is 5.62. The molecule has 0 aromatic rings. The average molecular weight is 239 g/mol. The molecule has 4 heteroatoms. The van der Waals surface area contributed by atoms with Crippen molar-refractivity contribution < 1.29 is 14.7 Å². The molecular formula is C13H21NO3. The molecule has 0 unspecified atom stereocenters. The van der Waals surface area contributed by atoms with Crippen molar-refractivity contribution in [2.75, 3.05) is 6.54 Å². The fourth-order valence-electron chi connectivity index (χ4n) is 3.21. The van der Waals surface area contributed by atoms with Gasteiger partial charge in [0.05, 0.1) is 5.92 Å². The number of rotatable bonds is 2. The largest absolute Gasteiger partial charge is 0.481 e. The van der Waals surface area contributed by atoms with Gasteiger partial charge in [-0.25, -0.2) is 0 Å². The molecular weight excluding hydrogens is 218 g/mol. The molecule has 1 heterocycles. The minimum Gasteiger partial charge on any atom is -0.481 e. The van der Waals surface area contributed by atoms with Crippen LogP contribution in [0.4, 0.5) is 0 Å². The van der Waals surface area contributed by atoms with Gasteiger partial charge in [0.1, 0.15) is 0 Å². The van der Waals surface area contributed by atoms with Crippen molar-refractivity contribution in [1.29, 1.82) is 0 Å². The summed E-state index contributed by atoms with van der Waals surface area (Å²) in [5.74, 6) is -0.182. The van der Waals surface area contributed by atoms with E-state index in [1.54, 1.807) is 0 Å². The lowest BCUT2D eigenvalue weighted by atomic mass is 9.77. The molecule has 1 amide bonds. The normalized spacial score (nSPS) is 38.5. The molecule has 0 spiro atoms. The van der Waals surface area contributed by atoms with Crippen molar-refractivity contribution in [3.05, 3.63) is 0 Å². The minimum absolute atomic E-state index is 0.0309. The third kappa shape index (κ3) is 2.31. The fourth-order valence-corrected chi connectivity index (χ4v) is 3.21. The van der Waals surface area contributed by atoms with Crippen molar-refractivity contribution in [3.63, 3.8) is 0 Å². The Bertz CT molecular complexity index is 329. The highest BCUT2D eigenvalue weighted by Crippen LogP contribution is 2.35. The van der Waals surface area contributed by atoms with Gasteiger partial charge in [0.15, 0.2) is 0 Å². The first-order valence-corrected chi connectivity index (χ1v) is 6.53. The lowest BCUT2D eigenvalue weighted by Gasteiger charge is -2.39. The number of aliphatic carboxylic acids is 1. The molecule has 2 fully saturated rings. The van der Waals surface area contributed by atoms with Crippen LogP contribution in [0.1, 0.15) is 39.5 Å². The summed E-state index contributed by atoms with van der Waals surface area (Å²) in [5, 5.41) is 8.99. The SMILES string of the molecule is C[C@@H]1[C@H](N2C[C@H](C(=O)O)CC2=O)CCC[C@@H]1C. The van der Waals surface area contributed by atoms with Crippen LogP contribution in [-0.4, -0.2) is 34.5 Å². The Hall–Kier alpha value is -1.06. The quantitative estimate of drug-likeness (QED) is 0.798. The molecule has 0 bridgehead atoms. The first kappa shape index (κ1) is 12.4. The van der Waals surface area contributed by atoms with E-state index in [0.29, 0.717) is 18.4 Å². The van der Waals surface area contributed by atoms with Crippen LogP contribution in [0, 0.1) is 17.8 Å². The Kier molecular flexibility index (Phi) is 3.40. The van der Waals surface area contributed by atoms with E-state index < -0.39 is 11.9 Å². The molecule has 2 aliphatic rings. The lowest BCUT2D eigenvalue weighted by Crippen LogP contribution is -2.45. The predicted molar refractivity (Wildman–Crippen MR) is 63.4 cm³/mol. The van der Waals surface area contributed by atoms with Crippen molar-refractivity contribution >= 4 is 11.9 Å². The summed E-state index contributed by atoms with van der Waals surface area (Å²) in [5.41, 5.74) is 0. The molecule has 17 heavy (non-hydrogen) atoms. The Labute approximate surface area is 102 Å². The summed E-state index contributed by atoms with van der Waals surface area (Å²) in [6.07, 6.45) is 3.59. The first-order valence-electron chi connectivity index (χ1n) is 6.53. The summed E-state index contributed by atoms with van der Waals surface area (Å²) >= 11 is 0. The number of carbonyl (C=O) groups is 2. The fraction of sp³-hybridized carbons (Fsp3) is 0.846. The van der Waals surface area contributed by atoms with E-state index in [0.717, 1.165) is 12.8 Å². The van der Waals surface area contributed by atoms with Crippen LogP contribution in [-0.2, 0) is 9.59 Å². The van der Waals surface area contributed by atoms with E-state index in [4.69, 9.17) is 5.11 Å². The topological polar surface area (TPSA) is 57.6 Å². The number of likely N-dealkylation sites (tertiary alicyclic amines) is 1. The maximum atomic E-state index is 11.9. The molecule has 0 aromatic heterocycles. The number of nitrogens with zero attached hydrogens (tertiary/aromatic N) is 1. The second-order valence-electron chi connectivity index (χ2n) is 5.62. The van der Waals surface area contributed by atoms with Crippen molar-refractivity contribution in [2.45, 2.75) is 45.6 Å². The zero-order chi connectivity index (χ0) is 12.6. The number of amides is 1. The highest BCUT2D eigenvalue weighted by Gasteiger charge is 2.41. The molecule has 4 atom stereocenters. The molecule has 2 rings (SSSR count). The summed E-state index contributed by atoms with van der Waals surface area (Å²) in [6.45, 7) is 4.83. The zero-order valence-corrected chi connectivity index (χ0v) is 10.6. The van der Waals surface area contributed by atoms with Crippen molar-refractivity contribution in [2.24, 2.45) is 17.8 Å². The second kappa shape index (κ2) is 4.67. The van der Waals surface area contributed by atoms with Crippen LogP contribution in [0.2, 0.25) is 0 Å². The van der Waals surface area contributed by atoms with E-state index in [9.17, 15) is 9.59 Å². The number of carboxylic acid groups (broad SMARTS) is 1.